The monoisotopic (exact) mass is 465 g/mol. The van der Waals surface area contributed by atoms with E-state index in [9.17, 15) is 33.6 Å². The molecule has 1 heterocycles. The van der Waals surface area contributed by atoms with Crippen molar-refractivity contribution >= 4 is 41.2 Å². The van der Waals surface area contributed by atoms with Crippen LogP contribution in [0.4, 0.5) is 4.79 Å². The molecule has 12 heteroatoms. The van der Waals surface area contributed by atoms with Crippen molar-refractivity contribution in [2.24, 2.45) is 23.3 Å². The molecular weight excluding hydrogens is 434 g/mol. The first-order valence-electron chi connectivity index (χ1n) is 10.6. The zero-order chi connectivity index (χ0) is 25.1. The number of carbonyl (C=O) groups excluding carboxylic acids is 7. The van der Waals surface area contributed by atoms with Gasteiger partial charge in [-0.15, -0.1) is 0 Å². The summed E-state index contributed by atoms with van der Waals surface area (Å²) >= 11 is 0. The number of hydrogen-bond donors (Lipinski definition) is 4. The molecular formula is C21H31N5O7. The van der Waals surface area contributed by atoms with Crippen LogP contribution in [0.3, 0.4) is 0 Å². The second-order valence-corrected chi connectivity index (χ2v) is 8.06. The van der Waals surface area contributed by atoms with Gasteiger partial charge < -0.3 is 22.1 Å². The molecule has 0 saturated heterocycles. The molecule has 6 N–H and O–H groups in total. The summed E-state index contributed by atoms with van der Waals surface area (Å²) in [6.07, 6.45) is 1.92. The highest BCUT2D eigenvalue weighted by Gasteiger charge is 2.30. The summed E-state index contributed by atoms with van der Waals surface area (Å²) in [5.74, 6) is -4.29. The number of amides is 6. The van der Waals surface area contributed by atoms with E-state index < -0.39 is 53.8 Å². The number of carbonyl (C=O) groups is 7. The lowest BCUT2D eigenvalue weighted by Crippen LogP contribution is -2.45. The Kier molecular flexibility index (Phi) is 10.9. The standard InChI is InChI=1S/C21H31N5O7/c1-12(2)20(32)13(4-3-8-24-21(23)33)10-15(27)14(11-16(22)28)25-17(29)7-9-26-18(30)5-6-19(26)31/h5-6,12-14H,3-4,7-11H2,1-2H3,(H2,22,28)(H,25,29)(H3,23,24,33)/t13-,14+/m1/s1. The number of nitrogens with one attached hydrogen (secondary N) is 2. The quantitative estimate of drug-likeness (QED) is 0.174. The molecule has 0 saturated carbocycles. The van der Waals surface area contributed by atoms with Crippen molar-refractivity contribution in [2.75, 3.05) is 13.1 Å². The number of nitrogens with two attached hydrogens (primary N) is 2. The fourth-order valence-electron chi connectivity index (χ4n) is 3.34. The van der Waals surface area contributed by atoms with Crippen LogP contribution in [0.15, 0.2) is 12.2 Å². The molecule has 1 aliphatic heterocycles. The summed E-state index contributed by atoms with van der Waals surface area (Å²) in [5.41, 5.74) is 10.2. The van der Waals surface area contributed by atoms with Crippen LogP contribution in [0.5, 0.6) is 0 Å². The van der Waals surface area contributed by atoms with Crippen molar-refractivity contribution in [3.05, 3.63) is 12.2 Å². The Bertz CT molecular complexity index is 819. The lowest BCUT2D eigenvalue weighted by molar-refractivity contribution is -0.137. The number of hydrogen-bond acceptors (Lipinski definition) is 7. The second-order valence-electron chi connectivity index (χ2n) is 8.06. The molecule has 0 spiro atoms. The molecule has 0 aromatic carbocycles. The van der Waals surface area contributed by atoms with E-state index in [1.807, 2.05) is 0 Å². The van der Waals surface area contributed by atoms with Crippen LogP contribution in [-0.4, -0.2) is 65.3 Å². The molecule has 0 radical (unpaired) electrons. The van der Waals surface area contributed by atoms with E-state index in [1.54, 1.807) is 13.8 Å². The minimum Gasteiger partial charge on any atom is -0.370 e. The van der Waals surface area contributed by atoms with Crippen molar-refractivity contribution < 1.29 is 33.6 Å². The average molecular weight is 466 g/mol. The van der Waals surface area contributed by atoms with Gasteiger partial charge >= 0.3 is 6.03 Å². The third-order valence-corrected chi connectivity index (χ3v) is 5.04. The SMILES string of the molecule is CC(C)C(=O)[C@H](CCCNC(N)=O)CC(=O)[C@H](CC(N)=O)NC(=O)CCN1C(=O)C=CC1=O. The fraction of sp³-hybridized carbons (Fsp3) is 0.571. The lowest BCUT2D eigenvalue weighted by Gasteiger charge is -2.22. The van der Waals surface area contributed by atoms with Crippen LogP contribution < -0.4 is 22.1 Å². The van der Waals surface area contributed by atoms with E-state index in [0.717, 1.165) is 17.1 Å². The van der Waals surface area contributed by atoms with E-state index in [0.29, 0.717) is 12.8 Å². The molecule has 12 nitrogen and oxygen atoms in total. The van der Waals surface area contributed by atoms with Crippen molar-refractivity contribution in [3.63, 3.8) is 0 Å². The molecule has 2 atom stereocenters. The highest BCUT2D eigenvalue weighted by molar-refractivity contribution is 6.13. The number of rotatable bonds is 15. The zero-order valence-electron chi connectivity index (χ0n) is 18.8. The molecule has 0 aromatic rings. The number of Topliss-reactive ketones (excluding diaryl/α,β-unsaturated/α-hetero) is 2. The summed E-state index contributed by atoms with van der Waals surface area (Å²) in [5, 5.41) is 4.82. The minimum absolute atomic E-state index is 0.162. The molecule has 0 aromatic heterocycles. The maximum Gasteiger partial charge on any atom is 0.312 e. The van der Waals surface area contributed by atoms with Gasteiger partial charge in [-0.3, -0.25) is 33.7 Å². The zero-order valence-corrected chi connectivity index (χ0v) is 18.8. The van der Waals surface area contributed by atoms with Gasteiger partial charge in [-0.2, -0.15) is 0 Å². The highest BCUT2D eigenvalue weighted by Crippen LogP contribution is 2.19. The fourth-order valence-corrected chi connectivity index (χ4v) is 3.34. The first-order chi connectivity index (χ1) is 15.4. The normalized spacial score (nSPS) is 14.8. The van der Waals surface area contributed by atoms with Crippen molar-refractivity contribution in [3.8, 4) is 0 Å². The van der Waals surface area contributed by atoms with Crippen molar-refractivity contribution in [1.29, 1.82) is 0 Å². The molecule has 0 aliphatic carbocycles. The number of primary amides is 2. The Hall–Kier alpha value is -3.57. The third-order valence-electron chi connectivity index (χ3n) is 5.04. The molecule has 182 valence electrons. The Morgan fingerprint density at radius 2 is 1.61 bits per heavy atom. The van der Waals surface area contributed by atoms with Gasteiger partial charge in [0.25, 0.3) is 11.8 Å². The number of ketones is 2. The summed E-state index contributed by atoms with van der Waals surface area (Å²) < 4.78 is 0. The van der Waals surface area contributed by atoms with Gasteiger partial charge in [-0.25, -0.2) is 4.79 Å². The van der Waals surface area contributed by atoms with Crippen LogP contribution in [0, 0.1) is 11.8 Å². The Labute approximate surface area is 191 Å². The van der Waals surface area contributed by atoms with Gasteiger partial charge in [0.1, 0.15) is 5.78 Å². The van der Waals surface area contributed by atoms with Crippen molar-refractivity contribution in [2.45, 2.75) is 52.0 Å². The van der Waals surface area contributed by atoms with Crippen LogP contribution in [0.2, 0.25) is 0 Å². The first kappa shape index (κ1) is 27.5. The van der Waals surface area contributed by atoms with Gasteiger partial charge in [0.05, 0.1) is 12.5 Å². The number of nitrogens with zero attached hydrogens (tertiary/aromatic N) is 1. The van der Waals surface area contributed by atoms with E-state index in [1.165, 1.54) is 0 Å². The van der Waals surface area contributed by atoms with E-state index in [-0.39, 0.29) is 37.6 Å². The molecule has 0 fully saturated rings. The smallest absolute Gasteiger partial charge is 0.312 e. The average Bonchev–Trinajstić information content (AvgIpc) is 3.04. The predicted molar refractivity (Wildman–Crippen MR) is 116 cm³/mol. The van der Waals surface area contributed by atoms with Crippen molar-refractivity contribution in [1.82, 2.24) is 15.5 Å². The van der Waals surface area contributed by atoms with Gasteiger partial charge in [0.15, 0.2) is 5.78 Å². The van der Waals surface area contributed by atoms with Crippen LogP contribution >= 0.6 is 0 Å². The molecule has 1 aliphatic rings. The summed E-state index contributed by atoms with van der Waals surface area (Å²) in [7, 11) is 0. The van der Waals surface area contributed by atoms with E-state index in [4.69, 9.17) is 11.5 Å². The Balaban J connectivity index is 2.76. The largest absolute Gasteiger partial charge is 0.370 e. The van der Waals surface area contributed by atoms with E-state index in [2.05, 4.69) is 10.6 Å². The van der Waals surface area contributed by atoms with E-state index >= 15 is 0 Å². The van der Waals surface area contributed by atoms with Gasteiger partial charge in [-0.05, 0) is 12.8 Å². The van der Waals surface area contributed by atoms with Crippen LogP contribution in [-0.2, 0) is 28.8 Å². The van der Waals surface area contributed by atoms with Crippen LogP contribution in [0.1, 0.15) is 46.0 Å². The number of urea groups is 1. The molecule has 0 bridgehead atoms. The minimum atomic E-state index is -1.25. The van der Waals surface area contributed by atoms with Gasteiger partial charge in [0, 0.05) is 49.9 Å². The summed E-state index contributed by atoms with van der Waals surface area (Å²) in [6.45, 7) is 3.44. The highest BCUT2D eigenvalue weighted by atomic mass is 16.2. The van der Waals surface area contributed by atoms with Gasteiger partial charge in [-0.1, -0.05) is 13.8 Å². The van der Waals surface area contributed by atoms with Crippen LogP contribution in [0.25, 0.3) is 0 Å². The Morgan fingerprint density at radius 3 is 2.12 bits per heavy atom. The maximum atomic E-state index is 12.9. The first-order valence-corrected chi connectivity index (χ1v) is 10.6. The number of imide groups is 1. The molecule has 1 rings (SSSR count). The molecule has 0 unspecified atom stereocenters. The summed E-state index contributed by atoms with van der Waals surface area (Å²) in [4.78, 5) is 84.0. The maximum absolute atomic E-state index is 12.9. The second kappa shape index (κ2) is 13.1. The third kappa shape index (κ3) is 9.62. The lowest BCUT2D eigenvalue weighted by atomic mass is 9.85. The molecule has 33 heavy (non-hydrogen) atoms. The Morgan fingerprint density at radius 1 is 1.00 bits per heavy atom. The molecule has 6 amide bonds. The predicted octanol–water partition coefficient (Wildman–Crippen LogP) is -1.09. The topological polar surface area (TPSA) is 199 Å². The summed E-state index contributed by atoms with van der Waals surface area (Å²) in [6, 6.07) is -1.94. The van der Waals surface area contributed by atoms with Gasteiger partial charge in [0.2, 0.25) is 11.8 Å².